The zero-order valence-electron chi connectivity index (χ0n) is 16.9. The molecule has 1 aliphatic heterocycles. The molecule has 0 atom stereocenters. The lowest BCUT2D eigenvalue weighted by molar-refractivity contribution is -0.134. The minimum absolute atomic E-state index is 0.0322. The van der Waals surface area contributed by atoms with Crippen molar-refractivity contribution in [3.8, 4) is 5.88 Å². The van der Waals surface area contributed by atoms with Gasteiger partial charge in [-0.15, -0.1) is 0 Å². The van der Waals surface area contributed by atoms with Gasteiger partial charge in [0.05, 0.1) is 20.1 Å². The first-order valence-corrected chi connectivity index (χ1v) is 9.75. The number of hydrogen-bond acceptors (Lipinski definition) is 6. The number of methoxy groups -OCH3 is 2. The van der Waals surface area contributed by atoms with Gasteiger partial charge in [-0.25, -0.2) is 9.37 Å². The highest BCUT2D eigenvalue weighted by atomic mass is 19.1. The first-order valence-electron chi connectivity index (χ1n) is 9.75. The van der Waals surface area contributed by atoms with Crippen LogP contribution in [0, 0.1) is 5.82 Å². The molecule has 156 valence electrons. The molecule has 0 spiro atoms. The van der Waals surface area contributed by atoms with Crippen molar-refractivity contribution in [3.05, 3.63) is 47.9 Å². The molecule has 1 aliphatic rings. The van der Waals surface area contributed by atoms with Crippen LogP contribution < -0.4 is 9.64 Å². The second-order valence-corrected chi connectivity index (χ2v) is 7.00. The SMILES string of the molecule is COCCN(C(=O)Cc1ccc(F)cc1)C1CCN(c2nccc(OC)n2)CC1. The van der Waals surface area contributed by atoms with Crippen LogP contribution in [-0.2, 0) is 16.0 Å². The maximum absolute atomic E-state index is 13.1. The molecule has 1 saturated heterocycles. The molecule has 29 heavy (non-hydrogen) atoms. The summed E-state index contributed by atoms with van der Waals surface area (Å²) in [7, 11) is 3.21. The minimum Gasteiger partial charge on any atom is -0.481 e. The third-order valence-corrected chi connectivity index (χ3v) is 5.14. The fourth-order valence-electron chi connectivity index (χ4n) is 3.55. The summed E-state index contributed by atoms with van der Waals surface area (Å²) in [5, 5.41) is 0. The van der Waals surface area contributed by atoms with Gasteiger partial charge in [0.25, 0.3) is 0 Å². The lowest BCUT2D eigenvalue weighted by Crippen LogP contribution is -2.49. The summed E-state index contributed by atoms with van der Waals surface area (Å²) in [5.41, 5.74) is 0.807. The summed E-state index contributed by atoms with van der Waals surface area (Å²) in [6.07, 6.45) is 3.58. The molecular formula is C21H27FN4O3. The zero-order valence-corrected chi connectivity index (χ0v) is 16.9. The lowest BCUT2D eigenvalue weighted by Gasteiger charge is -2.38. The van der Waals surface area contributed by atoms with Crippen molar-refractivity contribution < 1.29 is 18.7 Å². The van der Waals surface area contributed by atoms with Crippen molar-refractivity contribution in [1.82, 2.24) is 14.9 Å². The summed E-state index contributed by atoms with van der Waals surface area (Å²) in [5.74, 6) is 0.909. The van der Waals surface area contributed by atoms with Crippen molar-refractivity contribution >= 4 is 11.9 Å². The van der Waals surface area contributed by atoms with Crippen LogP contribution in [0.1, 0.15) is 18.4 Å². The number of hydrogen-bond donors (Lipinski definition) is 0. The van der Waals surface area contributed by atoms with Crippen molar-refractivity contribution in [1.29, 1.82) is 0 Å². The number of nitrogens with zero attached hydrogens (tertiary/aromatic N) is 4. The number of piperidine rings is 1. The average Bonchev–Trinajstić information content (AvgIpc) is 2.76. The van der Waals surface area contributed by atoms with Gasteiger partial charge in [-0.05, 0) is 30.5 Å². The van der Waals surface area contributed by atoms with E-state index in [1.807, 2.05) is 4.90 Å². The third-order valence-electron chi connectivity index (χ3n) is 5.14. The van der Waals surface area contributed by atoms with Crippen LogP contribution in [0.5, 0.6) is 5.88 Å². The van der Waals surface area contributed by atoms with Gasteiger partial charge in [-0.3, -0.25) is 4.79 Å². The van der Waals surface area contributed by atoms with Crippen LogP contribution >= 0.6 is 0 Å². The van der Waals surface area contributed by atoms with E-state index in [-0.39, 0.29) is 24.2 Å². The maximum Gasteiger partial charge on any atom is 0.228 e. The van der Waals surface area contributed by atoms with E-state index in [1.54, 1.807) is 38.6 Å². The molecule has 1 aromatic heterocycles. The number of rotatable bonds is 8. The lowest BCUT2D eigenvalue weighted by atomic mass is 10.0. The normalized spacial score (nSPS) is 14.7. The molecule has 0 bridgehead atoms. The maximum atomic E-state index is 13.1. The van der Waals surface area contributed by atoms with Crippen LogP contribution in [0.25, 0.3) is 0 Å². The standard InChI is InChI=1S/C21H27FN4O3/c1-28-14-13-26(20(27)15-16-3-5-17(22)6-4-16)18-8-11-25(12-9-18)21-23-10-7-19(24-21)29-2/h3-7,10,18H,8-9,11-15H2,1-2H3. The highest BCUT2D eigenvalue weighted by Crippen LogP contribution is 2.22. The predicted octanol–water partition coefficient (Wildman–Crippen LogP) is 2.31. The number of carbonyl (C=O) groups is 1. The molecule has 2 heterocycles. The predicted molar refractivity (Wildman–Crippen MR) is 108 cm³/mol. The van der Waals surface area contributed by atoms with Gasteiger partial charge in [-0.1, -0.05) is 12.1 Å². The van der Waals surface area contributed by atoms with E-state index in [0.717, 1.165) is 31.5 Å². The van der Waals surface area contributed by atoms with E-state index in [0.29, 0.717) is 25.0 Å². The van der Waals surface area contributed by atoms with E-state index in [9.17, 15) is 9.18 Å². The highest BCUT2D eigenvalue weighted by Gasteiger charge is 2.28. The molecule has 0 aliphatic carbocycles. The van der Waals surface area contributed by atoms with Gasteiger partial charge >= 0.3 is 0 Å². The fourth-order valence-corrected chi connectivity index (χ4v) is 3.55. The molecule has 1 amide bonds. The fraction of sp³-hybridized carbons (Fsp3) is 0.476. The van der Waals surface area contributed by atoms with E-state index in [2.05, 4.69) is 14.9 Å². The van der Waals surface area contributed by atoms with Gasteiger partial charge in [0.2, 0.25) is 17.7 Å². The van der Waals surface area contributed by atoms with Crippen LogP contribution in [0.15, 0.2) is 36.5 Å². The van der Waals surface area contributed by atoms with Gasteiger partial charge in [-0.2, -0.15) is 4.98 Å². The number of amides is 1. The topological polar surface area (TPSA) is 67.8 Å². The van der Waals surface area contributed by atoms with Crippen LogP contribution in [0.3, 0.4) is 0 Å². The summed E-state index contributed by atoms with van der Waals surface area (Å²) in [6, 6.07) is 7.93. The Labute approximate surface area is 170 Å². The molecule has 7 nitrogen and oxygen atoms in total. The average molecular weight is 402 g/mol. The number of benzene rings is 1. The first kappa shape index (κ1) is 21.0. The van der Waals surface area contributed by atoms with E-state index < -0.39 is 0 Å². The molecule has 1 fully saturated rings. The Hall–Kier alpha value is -2.74. The summed E-state index contributed by atoms with van der Waals surface area (Å²) >= 11 is 0. The third kappa shape index (κ3) is 5.63. The van der Waals surface area contributed by atoms with Gasteiger partial charge < -0.3 is 19.3 Å². The number of halogens is 1. The summed E-state index contributed by atoms with van der Waals surface area (Å²) in [4.78, 5) is 25.7. The monoisotopic (exact) mass is 402 g/mol. The smallest absolute Gasteiger partial charge is 0.228 e. The number of aromatic nitrogens is 2. The Morgan fingerprint density at radius 1 is 1.21 bits per heavy atom. The molecular weight excluding hydrogens is 375 g/mol. The van der Waals surface area contributed by atoms with Crippen molar-refractivity contribution in [2.75, 3.05) is 45.4 Å². The largest absolute Gasteiger partial charge is 0.481 e. The molecule has 0 saturated carbocycles. The Morgan fingerprint density at radius 2 is 1.93 bits per heavy atom. The molecule has 2 aromatic rings. The summed E-state index contributed by atoms with van der Waals surface area (Å²) < 4.78 is 23.5. The number of ether oxygens (including phenoxy) is 2. The van der Waals surface area contributed by atoms with Crippen LogP contribution in [0.4, 0.5) is 10.3 Å². The van der Waals surface area contributed by atoms with E-state index in [4.69, 9.17) is 9.47 Å². The molecule has 8 heteroatoms. The van der Waals surface area contributed by atoms with E-state index in [1.165, 1.54) is 12.1 Å². The Balaban J connectivity index is 1.63. The number of anilines is 1. The van der Waals surface area contributed by atoms with Crippen molar-refractivity contribution in [2.45, 2.75) is 25.3 Å². The quantitative estimate of drug-likeness (QED) is 0.675. The second kappa shape index (κ2) is 10.2. The second-order valence-electron chi connectivity index (χ2n) is 7.00. The van der Waals surface area contributed by atoms with Crippen molar-refractivity contribution in [3.63, 3.8) is 0 Å². The minimum atomic E-state index is -0.301. The molecule has 0 radical (unpaired) electrons. The molecule has 0 unspecified atom stereocenters. The van der Waals surface area contributed by atoms with Gasteiger partial charge in [0.1, 0.15) is 5.82 Å². The van der Waals surface area contributed by atoms with Gasteiger partial charge in [0.15, 0.2) is 0 Å². The Morgan fingerprint density at radius 3 is 2.59 bits per heavy atom. The van der Waals surface area contributed by atoms with Gasteiger partial charge in [0, 0.05) is 45.0 Å². The molecule has 1 aromatic carbocycles. The Bertz CT molecular complexity index is 795. The Kier molecular flexibility index (Phi) is 7.35. The van der Waals surface area contributed by atoms with Crippen LogP contribution in [0.2, 0.25) is 0 Å². The number of carbonyl (C=O) groups excluding carboxylic acids is 1. The molecule has 0 N–H and O–H groups in total. The van der Waals surface area contributed by atoms with Crippen LogP contribution in [-0.4, -0.2) is 67.3 Å². The zero-order chi connectivity index (χ0) is 20.6. The van der Waals surface area contributed by atoms with E-state index >= 15 is 0 Å². The summed E-state index contributed by atoms with van der Waals surface area (Å²) in [6.45, 7) is 2.53. The molecule has 3 rings (SSSR count). The first-order chi connectivity index (χ1) is 14.1. The van der Waals surface area contributed by atoms with Crippen molar-refractivity contribution in [2.24, 2.45) is 0 Å². The highest BCUT2D eigenvalue weighted by molar-refractivity contribution is 5.79.